The topological polar surface area (TPSA) is 57.4 Å². The van der Waals surface area contributed by atoms with Crippen molar-refractivity contribution in [3.63, 3.8) is 0 Å². The molecule has 4 nitrogen and oxygen atoms in total. The lowest BCUT2D eigenvalue weighted by molar-refractivity contribution is 0.00578. The molecule has 2 heterocycles. The van der Waals surface area contributed by atoms with Crippen molar-refractivity contribution in [2.24, 2.45) is 5.73 Å². The molecule has 1 aromatic rings. The van der Waals surface area contributed by atoms with E-state index >= 15 is 0 Å². The van der Waals surface area contributed by atoms with Crippen LogP contribution in [0.25, 0.3) is 6.08 Å². The highest BCUT2D eigenvalue weighted by atomic mass is 16.7. The minimum atomic E-state index is -0.332. The number of rotatable bonds is 3. The van der Waals surface area contributed by atoms with Gasteiger partial charge in [-0.2, -0.15) is 0 Å². The fourth-order valence-corrected chi connectivity index (χ4v) is 1.80. The maximum Gasteiger partial charge on any atom is 0.487 e. The number of nitrogens with zero attached hydrogens (tertiary/aromatic N) is 1. The molecule has 0 saturated carbocycles. The molecule has 0 bridgehead atoms. The number of nitrogens with two attached hydrogens (primary N) is 1. The molecule has 0 amide bonds. The van der Waals surface area contributed by atoms with E-state index in [1.807, 2.05) is 51.9 Å². The first-order valence-corrected chi connectivity index (χ1v) is 6.53. The highest BCUT2D eigenvalue weighted by Gasteiger charge is 2.49. The molecule has 1 aromatic heterocycles. The van der Waals surface area contributed by atoms with E-state index in [9.17, 15) is 0 Å². The molecule has 1 aliphatic rings. The lowest BCUT2D eigenvalue weighted by atomic mass is 9.89. The van der Waals surface area contributed by atoms with E-state index in [-0.39, 0.29) is 18.3 Å². The molecule has 0 unspecified atom stereocenters. The molecule has 1 aliphatic heterocycles. The summed E-state index contributed by atoms with van der Waals surface area (Å²) in [6, 6.07) is 3.90. The highest BCUT2D eigenvalue weighted by molar-refractivity contribution is 6.52. The van der Waals surface area contributed by atoms with Gasteiger partial charge < -0.3 is 15.0 Å². The number of aromatic nitrogens is 1. The fourth-order valence-electron chi connectivity index (χ4n) is 1.80. The normalized spacial score (nSPS) is 21.2. The summed E-state index contributed by atoms with van der Waals surface area (Å²) in [5.41, 5.74) is 6.81. The second-order valence-corrected chi connectivity index (χ2v) is 5.78. The molecule has 19 heavy (non-hydrogen) atoms. The first-order chi connectivity index (χ1) is 8.84. The fraction of sp³-hybridized carbons (Fsp3) is 0.500. The Kier molecular flexibility index (Phi) is 3.81. The summed E-state index contributed by atoms with van der Waals surface area (Å²) in [5, 5.41) is 0. The van der Waals surface area contributed by atoms with Crippen molar-refractivity contribution in [3.8, 4) is 0 Å². The molecule has 2 rings (SSSR count). The molecule has 2 N–H and O–H groups in total. The molecular weight excluding hydrogens is 239 g/mol. The lowest BCUT2D eigenvalue weighted by Crippen LogP contribution is -2.41. The van der Waals surface area contributed by atoms with Crippen LogP contribution in [0.4, 0.5) is 0 Å². The average molecular weight is 260 g/mol. The summed E-state index contributed by atoms with van der Waals surface area (Å²) in [7, 11) is -0.332. The van der Waals surface area contributed by atoms with E-state index in [2.05, 4.69) is 4.98 Å². The van der Waals surface area contributed by atoms with Crippen LogP contribution >= 0.6 is 0 Å². The second-order valence-electron chi connectivity index (χ2n) is 5.78. The average Bonchev–Trinajstić information content (AvgIpc) is 2.56. The number of hydrogen-bond acceptors (Lipinski definition) is 4. The van der Waals surface area contributed by atoms with Gasteiger partial charge in [0.25, 0.3) is 0 Å². The maximum atomic E-state index is 5.87. The Balaban J connectivity index is 2.04. The van der Waals surface area contributed by atoms with E-state index in [1.165, 1.54) is 0 Å². The van der Waals surface area contributed by atoms with E-state index in [0.29, 0.717) is 6.54 Å². The van der Waals surface area contributed by atoms with Crippen molar-refractivity contribution < 1.29 is 9.31 Å². The molecule has 102 valence electrons. The maximum absolute atomic E-state index is 5.87. The molecular formula is C14H21BN2O2. The third kappa shape index (κ3) is 3.05. The van der Waals surface area contributed by atoms with E-state index in [1.54, 1.807) is 6.20 Å². The Morgan fingerprint density at radius 1 is 1.21 bits per heavy atom. The summed E-state index contributed by atoms with van der Waals surface area (Å²) >= 11 is 0. The third-order valence-electron chi connectivity index (χ3n) is 3.78. The molecule has 0 aromatic carbocycles. The summed E-state index contributed by atoms with van der Waals surface area (Å²) in [4.78, 5) is 4.31. The van der Waals surface area contributed by atoms with Crippen LogP contribution in [0.2, 0.25) is 0 Å². The van der Waals surface area contributed by atoms with Crippen molar-refractivity contribution >= 4 is 13.2 Å². The number of hydrogen-bond donors (Lipinski definition) is 1. The van der Waals surface area contributed by atoms with Crippen LogP contribution in [-0.4, -0.2) is 23.3 Å². The predicted molar refractivity (Wildman–Crippen MR) is 77.2 cm³/mol. The SMILES string of the molecule is CC1(C)OB(/C=C/c2ccc(CN)cn2)OC1(C)C. The van der Waals surface area contributed by atoms with Crippen molar-refractivity contribution in [2.45, 2.75) is 45.4 Å². The van der Waals surface area contributed by atoms with Crippen molar-refractivity contribution in [1.82, 2.24) is 4.98 Å². The van der Waals surface area contributed by atoms with Gasteiger partial charge in [-0.3, -0.25) is 4.98 Å². The molecule has 0 radical (unpaired) electrons. The largest absolute Gasteiger partial charge is 0.487 e. The van der Waals surface area contributed by atoms with Gasteiger partial charge in [0.2, 0.25) is 0 Å². The summed E-state index contributed by atoms with van der Waals surface area (Å²) < 4.78 is 11.7. The first kappa shape index (κ1) is 14.2. The standard InChI is InChI=1S/C14H21BN2O2/c1-13(2)14(3,4)19-15(18-13)8-7-12-6-5-11(9-16)10-17-12/h5-8,10H,9,16H2,1-4H3/b8-7+. The minimum Gasteiger partial charge on any atom is -0.400 e. The summed E-state index contributed by atoms with van der Waals surface area (Å²) in [5.74, 6) is 1.89. The van der Waals surface area contributed by atoms with Gasteiger partial charge in [0, 0.05) is 12.7 Å². The molecule has 0 atom stereocenters. The van der Waals surface area contributed by atoms with E-state index in [4.69, 9.17) is 15.0 Å². The molecule has 5 heteroatoms. The Morgan fingerprint density at radius 2 is 1.84 bits per heavy atom. The van der Waals surface area contributed by atoms with Gasteiger partial charge in [-0.15, -0.1) is 0 Å². The van der Waals surface area contributed by atoms with Crippen LogP contribution in [0.15, 0.2) is 24.3 Å². The zero-order chi connectivity index (χ0) is 14.1. The molecule has 1 saturated heterocycles. The Bertz CT molecular complexity index is 453. The van der Waals surface area contributed by atoms with Crippen molar-refractivity contribution in [3.05, 3.63) is 35.6 Å². The van der Waals surface area contributed by atoms with E-state index < -0.39 is 0 Å². The minimum absolute atomic E-state index is 0.307. The Labute approximate surface area is 115 Å². The van der Waals surface area contributed by atoms with Gasteiger partial charge in [-0.1, -0.05) is 12.0 Å². The van der Waals surface area contributed by atoms with Crippen LogP contribution < -0.4 is 5.73 Å². The lowest BCUT2D eigenvalue weighted by Gasteiger charge is -2.32. The van der Waals surface area contributed by atoms with Crippen LogP contribution in [0.5, 0.6) is 0 Å². The Hall–Kier alpha value is -1.17. The third-order valence-corrected chi connectivity index (χ3v) is 3.78. The predicted octanol–water partition coefficient (Wildman–Crippen LogP) is 2.18. The van der Waals surface area contributed by atoms with Crippen LogP contribution in [0.3, 0.4) is 0 Å². The highest BCUT2D eigenvalue weighted by Crippen LogP contribution is 2.36. The van der Waals surface area contributed by atoms with Crippen LogP contribution in [0.1, 0.15) is 39.0 Å². The zero-order valence-electron chi connectivity index (χ0n) is 12.0. The van der Waals surface area contributed by atoms with Gasteiger partial charge in [0.15, 0.2) is 0 Å². The summed E-state index contributed by atoms with van der Waals surface area (Å²) in [6.45, 7) is 8.66. The van der Waals surface area contributed by atoms with Gasteiger partial charge in [0.05, 0.1) is 16.9 Å². The molecule has 1 fully saturated rings. The zero-order valence-corrected chi connectivity index (χ0v) is 12.0. The Morgan fingerprint density at radius 3 is 2.32 bits per heavy atom. The molecule has 0 aliphatic carbocycles. The van der Waals surface area contributed by atoms with E-state index in [0.717, 1.165) is 11.3 Å². The van der Waals surface area contributed by atoms with Crippen molar-refractivity contribution in [1.29, 1.82) is 0 Å². The van der Waals surface area contributed by atoms with Crippen LogP contribution in [-0.2, 0) is 15.9 Å². The van der Waals surface area contributed by atoms with Crippen molar-refractivity contribution in [2.75, 3.05) is 0 Å². The second kappa shape index (κ2) is 5.08. The van der Waals surface area contributed by atoms with Gasteiger partial charge in [0.1, 0.15) is 0 Å². The number of pyridine rings is 1. The first-order valence-electron chi connectivity index (χ1n) is 6.53. The summed E-state index contributed by atoms with van der Waals surface area (Å²) in [6.07, 6.45) is 3.69. The van der Waals surface area contributed by atoms with Gasteiger partial charge >= 0.3 is 7.12 Å². The smallest absolute Gasteiger partial charge is 0.400 e. The van der Waals surface area contributed by atoms with Gasteiger partial charge in [-0.05, 0) is 45.4 Å². The monoisotopic (exact) mass is 260 g/mol. The molecule has 0 spiro atoms. The quantitative estimate of drug-likeness (QED) is 0.846. The van der Waals surface area contributed by atoms with Gasteiger partial charge in [-0.25, -0.2) is 0 Å². The van der Waals surface area contributed by atoms with Crippen LogP contribution in [0, 0.1) is 0 Å².